The van der Waals surface area contributed by atoms with Gasteiger partial charge in [-0.2, -0.15) is 9.50 Å². The Balaban J connectivity index is 1.92. The highest BCUT2D eigenvalue weighted by Gasteiger charge is 2.14. The zero-order valence-corrected chi connectivity index (χ0v) is 11.3. The molecule has 0 amide bonds. The van der Waals surface area contributed by atoms with Crippen LogP contribution in [-0.4, -0.2) is 19.6 Å². The minimum Gasteiger partial charge on any atom is -0.484 e. The lowest BCUT2D eigenvalue weighted by molar-refractivity contribution is 0.218. The van der Waals surface area contributed by atoms with E-state index in [1.807, 2.05) is 44.2 Å². The predicted octanol–water partition coefficient (Wildman–Crippen LogP) is 2.15. The molecule has 3 rings (SSSR count). The van der Waals surface area contributed by atoms with E-state index in [9.17, 15) is 0 Å². The number of hydrogen-bond acceptors (Lipinski definition) is 5. The summed E-state index contributed by atoms with van der Waals surface area (Å²) in [6.07, 6.45) is 1.48. The van der Waals surface area contributed by atoms with Crippen LogP contribution < -0.4 is 10.5 Å². The molecule has 0 aliphatic heterocycles. The van der Waals surface area contributed by atoms with Crippen LogP contribution in [0.5, 0.6) is 5.75 Å². The zero-order valence-electron chi connectivity index (χ0n) is 11.3. The van der Waals surface area contributed by atoms with Gasteiger partial charge >= 0.3 is 0 Å². The first kappa shape index (κ1) is 12.4. The molecule has 0 radical (unpaired) electrons. The van der Waals surface area contributed by atoms with Crippen LogP contribution >= 0.6 is 0 Å². The average Bonchev–Trinajstić information content (AvgIpc) is 2.81. The summed E-state index contributed by atoms with van der Waals surface area (Å²) >= 11 is 0. The average molecular weight is 269 g/mol. The highest BCUT2D eigenvalue weighted by molar-refractivity contribution is 5.35. The van der Waals surface area contributed by atoms with Crippen LogP contribution in [0.15, 0.2) is 36.5 Å². The van der Waals surface area contributed by atoms with Crippen LogP contribution in [0.3, 0.4) is 0 Å². The Kier molecular flexibility index (Phi) is 2.98. The molecular weight excluding hydrogens is 254 g/mol. The number of nitrogen functional groups attached to an aromatic ring is 1. The second-order valence-corrected chi connectivity index (χ2v) is 4.62. The first-order valence-electron chi connectivity index (χ1n) is 6.34. The molecule has 0 fully saturated rings. The second-order valence-electron chi connectivity index (χ2n) is 4.62. The van der Waals surface area contributed by atoms with Gasteiger partial charge in [0.1, 0.15) is 11.9 Å². The maximum Gasteiger partial charge on any atom is 0.254 e. The third kappa shape index (κ3) is 2.27. The van der Waals surface area contributed by atoms with Gasteiger partial charge < -0.3 is 10.5 Å². The minimum atomic E-state index is -0.190. The van der Waals surface area contributed by atoms with E-state index < -0.39 is 0 Å². The lowest BCUT2D eigenvalue weighted by Crippen LogP contribution is -2.10. The fourth-order valence-corrected chi connectivity index (χ4v) is 2.02. The number of benzene rings is 1. The van der Waals surface area contributed by atoms with E-state index in [0.29, 0.717) is 5.78 Å². The summed E-state index contributed by atoms with van der Waals surface area (Å²) in [5.74, 6) is 1.48. The smallest absolute Gasteiger partial charge is 0.254 e. The molecule has 1 atom stereocenters. The highest BCUT2D eigenvalue weighted by atomic mass is 16.5. The first-order chi connectivity index (χ1) is 9.63. The molecule has 0 unspecified atom stereocenters. The topological polar surface area (TPSA) is 78.3 Å². The third-order valence-electron chi connectivity index (χ3n) is 3.04. The largest absolute Gasteiger partial charge is 0.484 e. The molecule has 2 heterocycles. The molecule has 6 heteroatoms. The van der Waals surface area contributed by atoms with E-state index in [1.165, 1.54) is 5.56 Å². The van der Waals surface area contributed by atoms with E-state index in [1.54, 1.807) is 10.7 Å². The van der Waals surface area contributed by atoms with Gasteiger partial charge in [-0.3, -0.25) is 0 Å². The van der Waals surface area contributed by atoms with Crippen molar-refractivity contribution in [2.24, 2.45) is 0 Å². The number of anilines is 1. The molecule has 0 saturated carbocycles. The predicted molar refractivity (Wildman–Crippen MR) is 75.4 cm³/mol. The van der Waals surface area contributed by atoms with Crippen LogP contribution in [0, 0.1) is 6.92 Å². The molecule has 0 aliphatic carbocycles. The van der Waals surface area contributed by atoms with Crippen molar-refractivity contribution in [1.29, 1.82) is 0 Å². The van der Waals surface area contributed by atoms with Crippen LogP contribution in [0.4, 0.5) is 5.95 Å². The van der Waals surface area contributed by atoms with E-state index in [-0.39, 0.29) is 12.1 Å². The number of aryl methyl sites for hydroxylation is 1. The van der Waals surface area contributed by atoms with Crippen LogP contribution in [0.25, 0.3) is 5.78 Å². The Labute approximate surface area is 116 Å². The number of rotatable bonds is 3. The van der Waals surface area contributed by atoms with Crippen molar-refractivity contribution in [3.05, 3.63) is 47.8 Å². The Hall–Kier alpha value is -2.63. The highest BCUT2D eigenvalue weighted by Crippen LogP contribution is 2.22. The van der Waals surface area contributed by atoms with Crippen molar-refractivity contribution in [3.63, 3.8) is 0 Å². The van der Waals surface area contributed by atoms with Crippen molar-refractivity contribution >= 4 is 11.7 Å². The summed E-state index contributed by atoms with van der Waals surface area (Å²) in [6, 6.07) is 9.76. The fourth-order valence-electron chi connectivity index (χ4n) is 2.02. The lowest BCUT2D eigenvalue weighted by Gasteiger charge is -2.15. The monoisotopic (exact) mass is 269 g/mol. The Morgan fingerprint density at radius 3 is 2.70 bits per heavy atom. The molecule has 0 bridgehead atoms. The standard InChI is InChI=1S/C14H15N5O/c1-9-3-5-11(6-4-9)20-10(2)12-7-8-16-14-17-13(15)18-19(12)14/h3-8,10H,1-2H3,(H2,15,18)/t10-/m0/s1. The summed E-state index contributed by atoms with van der Waals surface area (Å²) in [6.45, 7) is 3.99. The maximum atomic E-state index is 5.92. The molecule has 3 aromatic rings. The van der Waals surface area contributed by atoms with Crippen molar-refractivity contribution < 1.29 is 4.74 Å². The Morgan fingerprint density at radius 2 is 1.95 bits per heavy atom. The Morgan fingerprint density at radius 1 is 1.20 bits per heavy atom. The number of nitrogens with two attached hydrogens (primary N) is 1. The molecule has 2 aromatic heterocycles. The summed E-state index contributed by atoms with van der Waals surface area (Å²) in [5.41, 5.74) is 7.65. The van der Waals surface area contributed by atoms with Gasteiger partial charge in [0.05, 0.1) is 5.69 Å². The van der Waals surface area contributed by atoms with Gasteiger partial charge in [0.25, 0.3) is 5.78 Å². The number of ether oxygens (including phenoxy) is 1. The van der Waals surface area contributed by atoms with Gasteiger partial charge in [0.15, 0.2) is 0 Å². The van der Waals surface area contributed by atoms with E-state index in [4.69, 9.17) is 10.5 Å². The Bertz CT molecular complexity index is 735. The summed E-state index contributed by atoms with van der Waals surface area (Å²) in [7, 11) is 0. The van der Waals surface area contributed by atoms with Gasteiger partial charge in [0, 0.05) is 6.20 Å². The van der Waals surface area contributed by atoms with Crippen LogP contribution in [0.1, 0.15) is 24.3 Å². The van der Waals surface area contributed by atoms with E-state index >= 15 is 0 Å². The lowest BCUT2D eigenvalue weighted by atomic mass is 10.2. The molecule has 1 aromatic carbocycles. The minimum absolute atomic E-state index is 0.190. The van der Waals surface area contributed by atoms with Gasteiger partial charge in [0.2, 0.25) is 5.95 Å². The van der Waals surface area contributed by atoms with Gasteiger partial charge in [-0.25, -0.2) is 4.98 Å². The van der Waals surface area contributed by atoms with E-state index in [2.05, 4.69) is 15.1 Å². The van der Waals surface area contributed by atoms with E-state index in [0.717, 1.165) is 11.4 Å². The zero-order chi connectivity index (χ0) is 14.1. The summed E-state index contributed by atoms with van der Waals surface area (Å²) < 4.78 is 7.52. The van der Waals surface area contributed by atoms with Crippen molar-refractivity contribution in [1.82, 2.24) is 19.6 Å². The molecule has 0 spiro atoms. The number of hydrogen-bond donors (Lipinski definition) is 1. The third-order valence-corrected chi connectivity index (χ3v) is 3.04. The summed E-state index contributed by atoms with van der Waals surface area (Å²) in [5, 5.41) is 4.13. The molecule has 0 saturated heterocycles. The normalized spacial score (nSPS) is 12.5. The van der Waals surface area contributed by atoms with Crippen LogP contribution in [0.2, 0.25) is 0 Å². The molecule has 2 N–H and O–H groups in total. The maximum absolute atomic E-state index is 5.92. The van der Waals surface area contributed by atoms with Gasteiger partial charge in [-0.1, -0.05) is 17.7 Å². The van der Waals surface area contributed by atoms with Crippen molar-refractivity contribution in [3.8, 4) is 5.75 Å². The van der Waals surface area contributed by atoms with Crippen molar-refractivity contribution in [2.75, 3.05) is 5.73 Å². The van der Waals surface area contributed by atoms with Crippen molar-refractivity contribution in [2.45, 2.75) is 20.0 Å². The second kappa shape index (κ2) is 4.80. The van der Waals surface area contributed by atoms with Gasteiger partial charge in [-0.05, 0) is 32.0 Å². The SMILES string of the molecule is Cc1ccc(O[C@@H](C)c2ccnc3nc(N)nn23)cc1. The molecule has 0 aliphatic rings. The summed E-state index contributed by atoms with van der Waals surface area (Å²) in [4.78, 5) is 8.16. The molecule has 6 nitrogen and oxygen atoms in total. The molecule has 20 heavy (non-hydrogen) atoms. The first-order valence-corrected chi connectivity index (χ1v) is 6.34. The van der Waals surface area contributed by atoms with Crippen LogP contribution in [-0.2, 0) is 0 Å². The molecular formula is C14H15N5O. The fraction of sp³-hybridized carbons (Fsp3) is 0.214. The number of fused-ring (bicyclic) bond motifs is 1. The van der Waals surface area contributed by atoms with Gasteiger partial charge in [-0.15, -0.1) is 5.10 Å². The number of aromatic nitrogens is 4. The molecule has 102 valence electrons. The quantitative estimate of drug-likeness (QED) is 0.788. The number of nitrogens with zero attached hydrogens (tertiary/aromatic N) is 4.